The Hall–Kier alpha value is -3.29. The molecule has 0 unspecified atom stereocenters. The first-order valence-corrected chi connectivity index (χ1v) is 10.6. The van der Waals surface area contributed by atoms with Gasteiger partial charge in [0.15, 0.2) is 11.6 Å². The number of H-pyrrole nitrogens is 1. The quantitative estimate of drug-likeness (QED) is 0.292. The summed E-state index contributed by atoms with van der Waals surface area (Å²) in [5, 5.41) is 3.73. The van der Waals surface area contributed by atoms with E-state index in [4.69, 9.17) is 23.2 Å². The molecule has 6 nitrogen and oxygen atoms in total. The molecule has 0 aliphatic heterocycles. The van der Waals surface area contributed by atoms with Gasteiger partial charge in [0.2, 0.25) is 11.9 Å². The molecule has 0 spiro atoms. The Morgan fingerprint density at radius 1 is 1.06 bits per heavy atom. The number of nitrogens with one attached hydrogen (secondary N) is 2. The number of benzene rings is 1. The average molecular weight is 469 g/mol. The van der Waals surface area contributed by atoms with Crippen molar-refractivity contribution in [3.63, 3.8) is 0 Å². The number of carbonyl (C=O) groups is 2. The summed E-state index contributed by atoms with van der Waals surface area (Å²) in [6.45, 7) is 0. The smallest absolute Gasteiger partial charge is 0.228 e. The normalized spacial score (nSPS) is 13.3. The van der Waals surface area contributed by atoms with Crippen LogP contribution in [0.1, 0.15) is 28.8 Å². The number of hydrogen-bond donors (Lipinski definition) is 2. The minimum atomic E-state index is -0.598. The van der Waals surface area contributed by atoms with Crippen LogP contribution in [0.3, 0.4) is 0 Å². The lowest BCUT2D eigenvalue weighted by Gasteiger charge is -2.10. The van der Waals surface area contributed by atoms with Crippen molar-refractivity contribution in [1.82, 2.24) is 15.0 Å². The summed E-state index contributed by atoms with van der Waals surface area (Å²) in [7, 11) is 0. The number of hydrogen-bond acceptors (Lipinski definition) is 4. The molecule has 1 fully saturated rings. The molecular formula is C23H15Cl2FN4O2. The maximum atomic E-state index is 13.3. The first kappa shape index (κ1) is 20.6. The number of halogens is 3. The molecule has 9 heteroatoms. The molecule has 1 aliphatic carbocycles. The van der Waals surface area contributed by atoms with Crippen molar-refractivity contribution in [1.29, 1.82) is 0 Å². The van der Waals surface area contributed by atoms with Gasteiger partial charge in [-0.05, 0) is 48.7 Å². The van der Waals surface area contributed by atoms with Gasteiger partial charge < -0.3 is 10.3 Å². The number of pyridine rings is 2. The standard InChI is InChI=1S/C23H15Cl2FN4O2/c24-16-7-13(12-3-4-18(26)28-9-12)8-17(25)19(16)21(31)15-10-29-20-14(15)5-6-27-22(20)30-23(32)11-1-2-11/h3-11,29H,1-2H2,(H,27,30,32). The molecule has 0 atom stereocenters. The Kier molecular flexibility index (Phi) is 5.15. The van der Waals surface area contributed by atoms with E-state index in [1.807, 2.05) is 0 Å². The third kappa shape index (κ3) is 3.74. The van der Waals surface area contributed by atoms with Crippen LogP contribution in [0, 0.1) is 11.9 Å². The summed E-state index contributed by atoms with van der Waals surface area (Å²) in [4.78, 5) is 36.4. The highest BCUT2D eigenvalue weighted by Crippen LogP contribution is 2.35. The molecule has 0 saturated heterocycles. The van der Waals surface area contributed by atoms with Crippen molar-refractivity contribution < 1.29 is 14.0 Å². The third-order valence-electron chi connectivity index (χ3n) is 5.37. The maximum Gasteiger partial charge on any atom is 0.228 e. The number of amides is 1. The van der Waals surface area contributed by atoms with E-state index in [-0.39, 0.29) is 33.2 Å². The molecule has 3 heterocycles. The van der Waals surface area contributed by atoms with Crippen LogP contribution in [-0.2, 0) is 4.79 Å². The van der Waals surface area contributed by atoms with Crippen LogP contribution in [0.25, 0.3) is 22.0 Å². The van der Waals surface area contributed by atoms with Crippen molar-refractivity contribution in [2.75, 3.05) is 5.32 Å². The predicted octanol–water partition coefficient (Wildman–Crippen LogP) is 5.65. The van der Waals surface area contributed by atoms with Crippen molar-refractivity contribution in [3.8, 4) is 11.1 Å². The highest BCUT2D eigenvalue weighted by Gasteiger charge is 2.30. The number of aromatic amines is 1. The van der Waals surface area contributed by atoms with Gasteiger partial charge in [0.1, 0.15) is 0 Å². The lowest BCUT2D eigenvalue weighted by atomic mass is 9.99. The van der Waals surface area contributed by atoms with E-state index in [0.29, 0.717) is 33.4 Å². The van der Waals surface area contributed by atoms with Gasteiger partial charge in [0, 0.05) is 41.0 Å². The topological polar surface area (TPSA) is 87.7 Å². The minimum absolute atomic E-state index is 0.0237. The number of anilines is 1. The molecule has 1 amide bonds. The van der Waals surface area contributed by atoms with Gasteiger partial charge in [-0.2, -0.15) is 4.39 Å². The van der Waals surface area contributed by atoms with Gasteiger partial charge in [0.25, 0.3) is 0 Å². The number of ketones is 1. The number of rotatable bonds is 5. The summed E-state index contributed by atoms with van der Waals surface area (Å²) in [6, 6.07) is 7.65. The Balaban J connectivity index is 1.51. The van der Waals surface area contributed by atoms with Gasteiger partial charge in [-0.1, -0.05) is 23.2 Å². The number of fused-ring (bicyclic) bond motifs is 1. The number of nitrogens with zero attached hydrogens (tertiary/aromatic N) is 2. The van der Waals surface area contributed by atoms with Crippen molar-refractivity contribution in [2.24, 2.45) is 5.92 Å². The first-order valence-electron chi connectivity index (χ1n) is 9.85. The van der Waals surface area contributed by atoms with Gasteiger partial charge in [-0.3, -0.25) is 9.59 Å². The highest BCUT2D eigenvalue weighted by molar-refractivity contribution is 6.42. The zero-order valence-corrected chi connectivity index (χ0v) is 18.0. The molecule has 160 valence electrons. The van der Waals surface area contributed by atoms with Gasteiger partial charge in [-0.15, -0.1) is 0 Å². The Morgan fingerprint density at radius 3 is 2.47 bits per heavy atom. The summed E-state index contributed by atoms with van der Waals surface area (Å²) in [5.74, 6) is -0.658. The Labute approximate surface area is 191 Å². The van der Waals surface area contributed by atoms with E-state index in [2.05, 4.69) is 20.3 Å². The molecule has 4 aromatic rings. The van der Waals surface area contributed by atoms with Crippen LogP contribution in [0.4, 0.5) is 10.2 Å². The highest BCUT2D eigenvalue weighted by atomic mass is 35.5. The minimum Gasteiger partial charge on any atom is -0.357 e. The van der Waals surface area contributed by atoms with Crippen LogP contribution in [0.2, 0.25) is 10.0 Å². The van der Waals surface area contributed by atoms with Crippen molar-refractivity contribution in [2.45, 2.75) is 12.8 Å². The van der Waals surface area contributed by atoms with E-state index >= 15 is 0 Å². The van der Waals surface area contributed by atoms with Crippen LogP contribution in [0.15, 0.2) is 48.9 Å². The number of aromatic nitrogens is 3. The van der Waals surface area contributed by atoms with Gasteiger partial charge in [0.05, 0.1) is 21.1 Å². The van der Waals surface area contributed by atoms with Gasteiger partial charge >= 0.3 is 0 Å². The summed E-state index contributed by atoms with van der Waals surface area (Å²) >= 11 is 12.9. The molecule has 0 radical (unpaired) electrons. The van der Waals surface area contributed by atoms with E-state index in [1.54, 1.807) is 30.5 Å². The molecule has 2 N–H and O–H groups in total. The molecule has 1 aliphatic rings. The molecule has 1 saturated carbocycles. The Morgan fingerprint density at radius 2 is 1.81 bits per heavy atom. The van der Waals surface area contributed by atoms with E-state index in [0.717, 1.165) is 12.8 Å². The van der Waals surface area contributed by atoms with Crippen LogP contribution < -0.4 is 5.32 Å². The monoisotopic (exact) mass is 468 g/mol. The second-order valence-electron chi connectivity index (χ2n) is 7.56. The van der Waals surface area contributed by atoms with E-state index in [1.165, 1.54) is 18.5 Å². The molecular weight excluding hydrogens is 454 g/mol. The molecule has 0 bridgehead atoms. The van der Waals surface area contributed by atoms with E-state index < -0.39 is 5.95 Å². The lowest BCUT2D eigenvalue weighted by Crippen LogP contribution is -2.14. The number of carbonyl (C=O) groups excluding carboxylic acids is 2. The third-order valence-corrected chi connectivity index (χ3v) is 5.96. The van der Waals surface area contributed by atoms with Crippen LogP contribution in [-0.4, -0.2) is 26.6 Å². The lowest BCUT2D eigenvalue weighted by molar-refractivity contribution is -0.117. The van der Waals surface area contributed by atoms with Crippen molar-refractivity contribution in [3.05, 3.63) is 76.0 Å². The largest absolute Gasteiger partial charge is 0.357 e. The van der Waals surface area contributed by atoms with Crippen molar-refractivity contribution >= 4 is 51.6 Å². The summed E-state index contributed by atoms with van der Waals surface area (Å²) in [6.07, 6.45) is 6.19. The van der Waals surface area contributed by atoms with Crippen LogP contribution >= 0.6 is 23.2 Å². The fourth-order valence-electron chi connectivity index (χ4n) is 3.54. The first-order chi connectivity index (χ1) is 15.4. The molecule has 32 heavy (non-hydrogen) atoms. The van der Waals surface area contributed by atoms with Crippen LogP contribution in [0.5, 0.6) is 0 Å². The summed E-state index contributed by atoms with van der Waals surface area (Å²) in [5.41, 5.74) is 2.27. The van der Waals surface area contributed by atoms with E-state index in [9.17, 15) is 14.0 Å². The summed E-state index contributed by atoms with van der Waals surface area (Å²) < 4.78 is 13.1. The predicted molar refractivity (Wildman–Crippen MR) is 121 cm³/mol. The zero-order chi connectivity index (χ0) is 22.4. The average Bonchev–Trinajstić information content (AvgIpc) is 3.53. The second-order valence-corrected chi connectivity index (χ2v) is 8.38. The fourth-order valence-corrected chi connectivity index (χ4v) is 4.20. The maximum absolute atomic E-state index is 13.3. The fraction of sp³-hybridized carbons (Fsp3) is 0.130. The molecule has 3 aromatic heterocycles. The SMILES string of the molecule is O=C(c1c(Cl)cc(-c2ccc(F)nc2)cc1Cl)c1c[nH]c2c(NC(=O)C3CC3)nccc12. The molecule has 5 rings (SSSR count). The Bertz CT molecular complexity index is 1360. The zero-order valence-electron chi connectivity index (χ0n) is 16.5. The van der Waals surface area contributed by atoms with Gasteiger partial charge in [-0.25, -0.2) is 9.97 Å². The molecule has 1 aromatic carbocycles. The second kappa shape index (κ2) is 8.00.